The lowest BCUT2D eigenvalue weighted by Gasteiger charge is -2.13. The van der Waals surface area contributed by atoms with Gasteiger partial charge in [0.15, 0.2) is 9.84 Å². The monoisotopic (exact) mass is 410 g/mol. The van der Waals surface area contributed by atoms with E-state index in [-0.39, 0.29) is 17.9 Å². The van der Waals surface area contributed by atoms with Gasteiger partial charge in [0, 0.05) is 5.56 Å². The Bertz CT molecular complexity index is 1110. The van der Waals surface area contributed by atoms with Crippen LogP contribution in [0.3, 0.4) is 0 Å². The van der Waals surface area contributed by atoms with E-state index >= 15 is 0 Å². The number of sulfone groups is 1. The normalized spacial score (nSPS) is 11.2. The number of rotatable bonds is 8. The van der Waals surface area contributed by atoms with E-state index in [4.69, 9.17) is 9.84 Å². The maximum absolute atomic E-state index is 12.7. The van der Waals surface area contributed by atoms with Crippen molar-refractivity contribution in [3.63, 3.8) is 0 Å². The predicted molar refractivity (Wildman–Crippen MR) is 112 cm³/mol. The Morgan fingerprint density at radius 1 is 0.897 bits per heavy atom. The van der Waals surface area contributed by atoms with Crippen LogP contribution in [0.1, 0.15) is 22.3 Å². The van der Waals surface area contributed by atoms with Crippen LogP contribution in [-0.2, 0) is 32.6 Å². The standard InChI is InChI=1S/C23H22O5S/c1-17-10-11-22(28-21-9-5-8-19(13-21)14-23(24)25)20(12-17)16-29(26,27)15-18-6-3-2-4-7-18/h2-13H,14-16H2,1H3,(H,24,25). The number of carboxylic acid groups (broad SMARTS) is 1. The van der Waals surface area contributed by atoms with Crippen molar-refractivity contribution in [1.82, 2.24) is 0 Å². The molecule has 0 heterocycles. The lowest BCUT2D eigenvalue weighted by Crippen LogP contribution is -2.09. The molecule has 3 rings (SSSR count). The summed E-state index contributed by atoms with van der Waals surface area (Å²) in [5.41, 5.74) is 2.86. The second-order valence-electron chi connectivity index (χ2n) is 6.95. The molecule has 0 fully saturated rings. The molecule has 1 N–H and O–H groups in total. The Balaban J connectivity index is 1.84. The number of aliphatic carboxylic acids is 1. The molecule has 0 aliphatic heterocycles. The Hall–Kier alpha value is -3.12. The molecule has 0 saturated heterocycles. The number of hydrogen-bond donors (Lipinski definition) is 1. The van der Waals surface area contributed by atoms with E-state index < -0.39 is 15.8 Å². The SMILES string of the molecule is Cc1ccc(Oc2cccc(CC(=O)O)c2)c(CS(=O)(=O)Cc2ccccc2)c1. The van der Waals surface area contributed by atoms with Crippen molar-refractivity contribution in [3.05, 3.63) is 95.1 Å². The second kappa shape index (κ2) is 8.92. The summed E-state index contributed by atoms with van der Waals surface area (Å²) in [4.78, 5) is 10.9. The smallest absolute Gasteiger partial charge is 0.307 e. The molecule has 0 aliphatic carbocycles. The number of hydrogen-bond acceptors (Lipinski definition) is 4. The number of carboxylic acids is 1. The third-order valence-electron chi connectivity index (χ3n) is 4.30. The molecule has 0 amide bonds. The molecule has 0 radical (unpaired) electrons. The van der Waals surface area contributed by atoms with Gasteiger partial charge in [-0.25, -0.2) is 8.42 Å². The summed E-state index contributed by atoms with van der Waals surface area (Å²) in [6.45, 7) is 1.89. The highest BCUT2D eigenvalue weighted by Gasteiger charge is 2.17. The van der Waals surface area contributed by atoms with Gasteiger partial charge in [-0.05, 0) is 36.2 Å². The fourth-order valence-electron chi connectivity index (χ4n) is 3.06. The lowest BCUT2D eigenvalue weighted by atomic mass is 10.1. The van der Waals surface area contributed by atoms with Gasteiger partial charge in [0.05, 0.1) is 17.9 Å². The Kier molecular flexibility index (Phi) is 6.34. The zero-order valence-electron chi connectivity index (χ0n) is 16.0. The minimum Gasteiger partial charge on any atom is -0.481 e. The summed E-state index contributed by atoms with van der Waals surface area (Å²) in [7, 11) is -3.40. The van der Waals surface area contributed by atoms with Gasteiger partial charge in [0.2, 0.25) is 0 Å². The van der Waals surface area contributed by atoms with E-state index in [9.17, 15) is 13.2 Å². The third kappa shape index (κ3) is 6.19. The summed E-state index contributed by atoms with van der Waals surface area (Å²) in [5.74, 6) is -0.206. The van der Waals surface area contributed by atoms with Crippen LogP contribution < -0.4 is 4.74 Å². The minimum atomic E-state index is -3.40. The summed E-state index contributed by atoms with van der Waals surface area (Å²) in [5, 5.41) is 8.96. The third-order valence-corrected chi connectivity index (χ3v) is 5.83. The molecule has 0 saturated carbocycles. The Morgan fingerprint density at radius 3 is 2.34 bits per heavy atom. The van der Waals surface area contributed by atoms with Gasteiger partial charge in [-0.15, -0.1) is 0 Å². The summed E-state index contributed by atoms with van der Waals surface area (Å²) < 4.78 is 31.4. The van der Waals surface area contributed by atoms with Crippen molar-refractivity contribution >= 4 is 15.8 Å². The second-order valence-corrected chi connectivity index (χ2v) is 9.01. The molecule has 5 nitrogen and oxygen atoms in total. The first-order valence-electron chi connectivity index (χ1n) is 9.13. The number of ether oxygens (including phenoxy) is 1. The highest BCUT2D eigenvalue weighted by Crippen LogP contribution is 2.29. The van der Waals surface area contributed by atoms with Crippen molar-refractivity contribution in [1.29, 1.82) is 0 Å². The van der Waals surface area contributed by atoms with E-state index in [0.717, 1.165) is 11.1 Å². The molecule has 0 spiro atoms. The van der Waals surface area contributed by atoms with Gasteiger partial charge in [-0.3, -0.25) is 4.79 Å². The molecule has 0 bridgehead atoms. The molecule has 0 unspecified atom stereocenters. The van der Waals surface area contributed by atoms with Crippen LogP contribution in [0.5, 0.6) is 11.5 Å². The van der Waals surface area contributed by atoms with Crippen molar-refractivity contribution < 1.29 is 23.1 Å². The van der Waals surface area contributed by atoms with Crippen LogP contribution in [0.25, 0.3) is 0 Å². The topological polar surface area (TPSA) is 80.7 Å². The van der Waals surface area contributed by atoms with Crippen LogP contribution in [0.15, 0.2) is 72.8 Å². The fourth-order valence-corrected chi connectivity index (χ4v) is 4.56. The molecule has 150 valence electrons. The number of aryl methyl sites for hydroxylation is 1. The lowest BCUT2D eigenvalue weighted by molar-refractivity contribution is -0.136. The molecule has 3 aromatic rings. The molecular formula is C23H22O5S. The van der Waals surface area contributed by atoms with Crippen molar-refractivity contribution in [3.8, 4) is 11.5 Å². The van der Waals surface area contributed by atoms with E-state index in [0.29, 0.717) is 22.6 Å². The summed E-state index contributed by atoms with van der Waals surface area (Å²) in [6.07, 6.45) is -0.108. The van der Waals surface area contributed by atoms with Crippen molar-refractivity contribution in [2.75, 3.05) is 0 Å². The van der Waals surface area contributed by atoms with Crippen LogP contribution in [0.2, 0.25) is 0 Å². The van der Waals surface area contributed by atoms with Crippen LogP contribution >= 0.6 is 0 Å². The van der Waals surface area contributed by atoms with E-state index in [1.165, 1.54) is 0 Å². The number of benzene rings is 3. The molecule has 0 aliphatic rings. The summed E-state index contributed by atoms with van der Waals surface area (Å²) in [6, 6.07) is 21.2. The van der Waals surface area contributed by atoms with E-state index in [2.05, 4.69) is 0 Å². The van der Waals surface area contributed by atoms with Crippen LogP contribution in [0, 0.1) is 6.92 Å². The molecule has 6 heteroatoms. The zero-order valence-corrected chi connectivity index (χ0v) is 16.9. The quantitative estimate of drug-likeness (QED) is 0.590. The molecular weight excluding hydrogens is 388 g/mol. The molecule has 3 aromatic carbocycles. The van der Waals surface area contributed by atoms with Crippen molar-refractivity contribution in [2.24, 2.45) is 0 Å². The molecule has 29 heavy (non-hydrogen) atoms. The maximum Gasteiger partial charge on any atom is 0.307 e. The van der Waals surface area contributed by atoms with Gasteiger partial charge in [-0.2, -0.15) is 0 Å². The zero-order chi connectivity index (χ0) is 20.9. The van der Waals surface area contributed by atoms with Gasteiger partial charge < -0.3 is 9.84 Å². The van der Waals surface area contributed by atoms with E-state index in [1.54, 1.807) is 48.5 Å². The highest BCUT2D eigenvalue weighted by atomic mass is 32.2. The molecule has 0 atom stereocenters. The van der Waals surface area contributed by atoms with Crippen molar-refractivity contribution in [2.45, 2.75) is 24.9 Å². The average molecular weight is 410 g/mol. The average Bonchev–Trinajstić information content (AvgIpc) is 2.64. The minimum absolute atomic E-state index is 0.0463. The highest BCUT2D eigenvalue weighted by molar-refractivity contribution is 7.89. The largest absolute Gasteiger partial charge is 0.481 e. The first kappa shape index (κ1) is 20.6. The first-order chi connectivity index (χ1) is 13.8. The predicted octanol–water partition coefficient (Wildman–Crippen LogP) is 4.53. The van der Waals surface area contributed by atoms with Crippen LogP contribution in [-0.4, -0.2) is 19.5 Å². The Labute approximate surface area is 170 Å². The Morgan fingerprint density at radius 2 is 1.62 bits per heavy atom. The van der Waals surface area contributed by atoms with Gasteiger partial charge in [-0.1, -0.05) is 60.2 Å². The number of carbonyl (C=O) groups is 1. The van der Waals surface area contributed by atoms with Gasteiger partial charge >= 0.3 is 5.97 Å². The van der Waals surface area contributed by atoms with Crippen LogP contribution in [0.4, 0.5) is 0 Å². The maximum atomic E-state index is 12.7. The van der Waals surface area contributed by atoms with E-state index in [1.807, 2.05) is 31.2 Å². The fraction of sp³-hybridized carbons (Fsp3) is 0.174. The molecule has 0 aromatic heterocycles. The van der Waals surface area contributed by atoms with Gasteiger partial charge in [0.1, 0.15) is 11.5 Å². The summed E-state index contributed by atoms with van der Waals surface area (Å²) >= 11 is 0. The first-order valence-corrected chi connectivity index (χ1v) is 11.0. The van der Waals surface area contributed by atoms with Gasteiger partial charge in [0.25, 0.3) is 0 Å².